The van der Waals surface area contributed by atoms with Gasteiger partial charge in [-0.3, -0.25) is 0 Å². The third-order valence-corrected chi connectivity index (χ3v) is 2.86. The Morgan fingerprint density at radius 3 is 2.21 bits per heavy atom. The topological polar surface area (TPSA) is 37.4 Å². The Balaban J connectivity index is 4.29. The van der Waals surface area contributed by atoms with Gasteiger partial charge in [0.1, 0.15) is 0 Å². The van der Waals surface area contributed by atoms with Gasteiger partial charge in [-0.05, 0) is 12.5 Å². The first-order chi connectivity index (χ1) is 6.23. The van der Waals surface area contributed by atoms with E-state index in [1.807, 2.05) is 6.92 Å². The van der Waals surface area contributed by atoms with Crippen molar-refractivity contribution in [1.82, 2.24) is 4.31 Å². The summed E-state index contributed by atoms with van der Waals surface area (Å²) in [4.78, 5) is 0. The molecule has 0 rings (SSSR count). The molecule has 14 heavy (non-hydrogen) atoms. The third kappa shape index (κ3) is 5.72. The summed E-state index contributed by atoms with van der Waals surface area (Å²) >= 11 is 0. The summed E-state index contributed by atoms with van der Waals surface area (Å²) in [6.45, 7) is 9.61. The smallest absolute Gasteiger partial charge is 0.211 e. The van der Waals surface area contributed by atoms with Gasteiger partial charge in [0.25, 0.3) is 0 Å². The predicted molar refractivity (Wildman–Crippen MR) is 60.6 cm³/mol. The van der Waals surface area contributed by atoms with Crippen LogP contribution in [-0.2, 0) is 10.0 Å². The maximum absolute atomic E-state index is 11.0. The maximum Gasteiger partial charge on any atom is 0.211 e. The van der Waals surface area contributed by atoms with Crippen molar-refractivity contribution in [3.63, 3.8) is 0 Å². The van der Waals surface area contributed by atoms with Gasteiger partial charge in [0.2, 0.25) is 10.0 Å². The van der Waals surface area contributed by atoms with Crippen LogP contribution < -0.4 is 0 Å². The molecule has 0 radical (unpaired) electrons. The van der Waals surface area contributed by atoms with Crippen molar-refractivity contribution in [2.24, 2.45) is 0 Å². The van der Waals surface area contributed by atoms with E-state index in [4.69, 9.17) is 0 Å². The Bertz CT molecular complexity index is 352. The van der Waals surface area contributed by atoms with Crippen LogP contribution in [0.1, 0.15) is 6.92 Å². The monoisotopic (exact) mass is 215 g/mol. The Morgan fingerprint density at radius 2 is 1.86 bits per heavy atom. The zero-order valence-electron chi connectivity index (χ0n) is 8.95. The van der Waals surface area contributed by atoms with Crippen LogP contribution in [-0.4, -0.2) is 32.6 Å². The molecule has 0 spiro atoms. The maximum atomic E-state index is 11.0. The summed E-state index contributed by atoms with van der Waals surface area (Å²) < 4.78 is 23.3. The zero-order valence-corrected chi connectivity index (χ0v) is 9.76. The van der Waals surface area contributed by atoms with E-state index in [-0.39, 0.29) is 0 Å². The molecule has 0 saturated carbocycles. The van der Waals surface area contributed by atoms with Gasteiger partial charge in [-0.2, -0.15) is 0 Å². The van der Waals surface area contributed by atoms with Crippen molar-refractivity contribution < 1.29 is 8.42 Å². The number of sulfonamides is 1. The van der Waals surface area contributed by atoms with Gasteiger partial charge in [0.15, 0.2) is 0 Å². The van der Waals surface area contributed by atoms with Crippen molar-refractivity contribution in [2.45, 2.75) is 6.92 Å². The molecule has 0 saturated heterocycles. The molecule has 0 fully saturated rings. The Labute approximate surface area is 86.5 Å². The SMILES string of the molecule is C=C(C)/C=C\C(=C)CN(C)S(C)(=O)=O. The van der Waals surface area contributed by atoms with Gasteiger partial charge < -0.3 is 0 Å². The molecule has 0 aromatic carbocycles. The number of hydrogen-bond donors (Lipinski definition) is 0. The lowest BCUT2D eigenvalue weighted by Gasteiger charge is -2.13. The molecule has 3 nitrogen and oxygen atoms in total. The Hall–Kier alpha value is -0.870. The van der Waals surface area contributed by atoms with E-state index in [9.17, 15) is 8.42 Å². The lowest BCUT2D eigenvalue weighted by molar-refractivity contribution is 0.501. The van der Waals surface area contributed by atoms with E-state index < -0.39 is 10.0 Å². The highest BCUT2D eigenvalue weighted by atomic mass is 32.2. The second-order valence-electron chi connectivity index (χ2n) is 3.36. The van der Waals surface area contributed by atoms with Crippen LogP contribution in [0.2, 0.25) is 0 Å². The molecule has 0 amide bonds. The fourth-order valence-electron chi connectivity index (χ4n) is 0.716. The summed E-state index contributed by atoms with van der Waals surface area (Å²) in [7, 11) is -1.60. The minimum absolute atomic E-state index is 0.308. The number of hydrogen-bond acceptors (Lipinski definition) is 2. The molecule has 0 bridgehead atoms. The minimum atomic E-state index is -3.12. The molecular weight excluding hydrogens is 198 g/mol. The summed E-state index contributed by atoms with van der Waals surface area (Å²) in [6.07, 6.45) is 4.74. The number of likely N-dealkylation sites (N-methyl/N-ethyl adjacent to an activating group) is 1. The van der Waals surface area contributed by atoms with Crippen molar-refractivity contribution in [1.29, 1.82) is 0 Å². The van der Waals surface area contributed by atoms with Crippen molar-refractivity contribution in [3.05, 3.63) is 36.5 Å². The second kappa shape index (κ2) is 5.12. The van der Waals surface area contributed by atoms with Crippen LogP contribution in [0.25, 0.3) is 0 Å². The summed E-state index contributed by atoms with van der Waals surface area (Å²) in [5, 5.41) is 0. The van der Waals surface area contributed by atoms with Crippen LogP contribution in [0, 0.1) is 0 Å². The predicted octanol–water partition coefficient (Wildman–Crippen LogP) is 1.57. The number of allylic oxidation sites excluding steroid dienone is 2. The van der Waals surface area contributed by atoms with Gasteiger partial charge >= 0.3 is 0 Å². The highest BCUT2D eigenvalue weighted by Gasteiger charge is 2.10. The van der Waals surface area contributed by atoms with Crippen LogP contribution >= 0.6 is 0 Å². The molecule has 0 aliphatic rings. The largest absolute Gasteiger partial charge is 0.213 e. The highest BCUT2D eigenvalue weighted by Crippen LogP contribution is 2.02. The normalized spacial score (nSPS) is 12.3. The van der Waals surface area contributed by atoms with Crippen molar-refractivity contribution in [2.75, 3.05) is 19.8 Å². The Morgan fingerprint density at radius 1 is 1.36 bits per heavy atom. The van der Waals surface area contributed by atoms with Crippen LogP contribution in [0.3, 0.4) is 0 Å². The highest BCUT2D eigenvalue weighted by molar-refractivity contribution is 7.88. The molecule has 80 valence electrons. The fraction of sp³-hybridized carbons (Fsp3) is 0.400. The molecule has 0 atom stereocenters. The van der Waals surface area contributed by atoms with Gasteiger partial charge in [-0.1, -0.05) is 30.9 Å². The summed E-state index contributed by atoms with van der Waals surface area (Å²) in [5.74, 6) is 0. The standard InChI is InChI=1S/C10H17NO2S/c1-9(2)6-7-10(3)8-11(4)14(5,12)13/h6-7H,1,3,8H2,2,4-5H3/b7-6-. The van der Waals surface area contributed by atoms with Gasteiger partial charge in [0.05, 0.1) is 6.26 Å². The zero-order chi connectivity index (χ0) is 11.4. The van der Waals surface area contributed by atoms with E-state index in [0.717, 1.165) is 11.1 Å². The molecule has 0 aliphatic heterocycles. The van der Waals surface area contributed by atoms with Gasteiger partial charge in [-0.15, -0.1) is 0 Å². The summed E-state index contributed by atoms with van der Waals surface area (Å²) in [6, 6.07) is 0. The fourth-order valence-corrected chi connectivity index (χ4v) is 1.12. The first kappa shape index (κ1) is 13.1. The van der Waals surface area contributed by atoms with Crippen LogP contribution in [0.15, 0.2) is 36.5 Å². The van der Waals surface area contributed by atoms with Crippen molar-refractivity contribution >= 4 is 10.0 Å². The summed E-state index contributed by atoms with van der Waals surface area (Å²) in [5.41, 5.74) is 1.65. The molecule has 0 heterocycles. The Kier molecular flexibility index (Phi) is 4.80. The molecular formula is C10H17NO2S. The van der Waals surface area contributed by atoms with Crippen LogP contribution in [0.4, 0.5) is 0 Å². The van der Waals surface area contributed by atoms with E-state index in [1.54, 1.807) is 12.2 Å². The molecule has 0 unspecified atom stereocenters. The number of nitrogens with zero attached hydrogens (tertiary/aromatic N) is 1. The van der Waals surface area contributed by atoms with E-state index >= 15 is 0 Å². The number of rotatable bonds is 5. The first-order valence-electron chi connectivity index (χ1n) is 4.16. The molecule has 0 aromatic heterocycles. The third-order valence-electron chi connectivity index (χ3n) is 1.60. The van der Waals surface area contributed by atoms with Gasteiger partial charge in [0, 0.05) is 13.6 Å². The van der Waals surface area contributed by atoms with Gasteiger partial charge in [-0.25, -0.2) is 12.7 Å². The second-order valence-corrected chi connectivity index (χ2v) is 5.45. The first-order valence-corrected chi connectivity index (χ1v) is 6.01. The van der Waals surface area contributed by atoms with Crippen molar-refractivity contribution in [3.8, 4) is 0 Å². The molecule has 0 aliphatic carbocycles. The quantitative estimate of drug-likeness (QED) is 0.653. The van der Waals surface area contributed by atoms with E-state index in [1.165, 1.54) is 17.6 Å². The lowest BCUT2D eigenvalue weighted by Crippen LogP contribution is -2.27. The lowest BCUT2D eigenvalue weighted by atomic mass is 10.2. The molecule has 0 N–H and O–H groups in total. The minimum Gasteiger partial charge on any atom is -0.213 e. The molecule has 4 heteroatoms. The average Bonchev–Trinajstić information content (AvgIpc) is 1.99. The van der Waals surface area contributed by atoms with E-state index in [2.05, 4.69) is 13.2 Å². The average molecular weight is 215 g/mol. The van der Waals surface area contributed by atoms with E-state index in [0.29, 0.717) is 6.54 Å². The molecule has 0 aromatic rings. The van der Waals surface area contributed by atoms with Crippen LogP contribution in [0.5, 0.6) is 0 Å².